The maximum absolute atomic E-state index is 12.3. The molecule has 0 aliphatic rings. The highest BCUT2D eigenvalue weighted by Gasteiger charge is 2.34. The molecule has 0 aromatic carbocycles. The van der Waals surface area contributed by atoms with Gasteiger partial charge in [0.1, 0.15) is 5.56 Å². The van der Waals surface area contributed by atoms with Crippen molar-refractivity contribution in [3.8, 4) is 0 Å². The van der Waals surface area contributed by atoms with Gasteiger partial charge in [-0.3, -0.25) is 0 Å². The van der Waals surface area contributed by atoms with Crippen LogP contribution in [-0.4, -0.2) is 10.2 Å². The van der Waals surface area contributed by atoms with Crippen LogP contribution in [0, 0.1) is 5.82 Å². The summed E-state index contributed by atoms with van der Waals surface area (Å²) in [7, 11) is 0. The Morgan fingerprint density at radius 2 is 1.64 bits per heavy atom. The summed E-state index contributed by atoms with van der Waals surface area (Å²) >= 11 is 0. The highest BCUT2D eigenvalue weighted by molar-refractivity contribution is 5.12. The second kappa shape index (κ2) is 2.44. The van der Waals surface area contributed by atoms with Crippen LogP contribution in [-0.2, 0) is 6.18 Å². The third-order valence-electron chi connectivity index (χ3n) is 0.987. The molecule has 1 rings (SSSR count). The topological polar surface area (TPSA) is 25.8 Å². The van der Waals surface area contributed by atoms with Gasteiger partial charge >= 0.3 is 6.18 Å². The smallest absolute Gasteiger partial charge is 0.204 e. The van der Waals surface area contributed by atoms with Gasteiger partial charge in [-0.25, -0.2) is 4.39 Å². The largest absolute Gasteiger partial charge is 0.420 e. The Hall–Kier alpha value is -1.20. The van der Waals surface area contributed by atoms with E-state index in [1.54, 1.807) is 0 Å². The molecule has 0 spiro atoms. The summed E-state index contributed by atoms with van der Waals surface area (Å²) < 4.78 is 47.5. The lowest BCUT2D eigenvalue weighted by atomic mass is 10.3. The molecule has 0 unspecified atom stereocenters. The number of rotatable bonds is 0. The Kier molecular flexibility index (Phi) is 1.76. The molecule has 0 radical (unpaired) electrons. The second-order valence-electron chi connectivity index (χ2n) is 1.75. The molecule has 0 aliphatic carbocycles. The summed E-state index contributed by atoms with van der Waals surface area (Å²) in [5.74, 6) is -1.41. The van der Waals surface area contributed by atoms with Crippen LogP contribution in [0.4, 0.5) is 17.6 Å². The van der Waals surface area contributed by atoms with Gasteiger partial charge in [-0.2, -0.15) is 23.4 Å². The van der Waals surface area contributed by atoms with E-state index >= 15 is 0 Å². The summed E-state index contributed by atoms with van der Waals surface area (Å²) in [4.78, 5) is 0. The average Bonchev–Trinajstić information content (AvgIpc) is 1.86. The first kappa shape index (κ1) is 7.90. The number of hydrogen-bond acceptors (Lipinski definition) is 2. The van der Waals surface area contributed by atoms with Gasteiger partial charge in [0.15, 0.2) is 5.82 Å². The average molecular weight is 166 g/mol. The summed E-state index contributed by atoms with van der Waals surface area (Å²) in [5, 5.41) is 5.84. The minimum atomic E-state index is -4.69. The minimum absolute atomic E-state index is 0.343. The molecular formula is C5H2F4N2. The zero-order valence-electron chi connectivity index (χ0n) is 5.06. The fraction of sp³-hybridized carbons (Fsp3) is 0.200. The number of aromatic nitrogens is 2. The van der Waals surface area contributed by atoms with E-state index < -0.39 is 17.6 Å². The summed E-state index contributed by atoms with van der Waals surface area (Å²) in [5.41, 5.74) is -1.40. The number of nitrogens with zero attached hydrogens (tertiary/aromatic N) is 2. The van der Waals surface area contributed by atoms with Crippen molar-refractivity contribution in [3.63, 3.8) is 0 Å². The van der Waals surface area contributed by atoms with Crippen LogP contribution in [0.1, 0.15) is 5.56 Å². The van der Waals surface area contributed by atoms with E-state index in [1.165, 1.54) is 0 Å². The van der Waals surface area contributed by atoms with Crippen LogP contribution in [0.5, 0.6) is 0 Å². The predicted molar refractivity (Wildman–Crippen MR) is 27.0 cm³/mol. The molecule has 1 heterocycles. The van der Waals surface area contributed by atoms with Gasteiger partial charge in [0.25, 0.3) is 0 Å². The van der Waals surface area contributed by atoms with E-state index in [0.717, 1.165) is 0 Å². The Morgan fingerprint density at radius 1 is 1.09 bits per heavy atom. The molecule has 0 saturated heterocycles. The normalized spacial score (nSPS) is 11.6. The van der Waals surface area contributed by atoms with Crippen molar-refractivity contribution in [2.24, 2.45) is 0 Å². The Morgan fingerprint density at radius 3 is 2.00 bits per heavy atom. The molecular weight excluding hydrogens is 164 g/mol. The monoisotopic (exact) mass is 166 g/mol. The van der Waals surface area contributed by atoms with Gasteiger partial charge in [0, 0.05) is 0 Å². The summed E-state index contributed by atoms with van der Waals surface area (Å²) in [6.45, 7) is 0. The van der Waals surface area contributed by atoms with Crippen LogP contribution in [0.25, 0.3) is 0 Å². The van der Waals surface area contributed by atoms with Crippen molar-refractivity contribution in [2.45, 2.75) is 6.18 Å². The van der Waals surface area contributed by atoms with Gasteiger partial charge in [-0.05, 0) is 0 Å². The zero-order chi connectivity index (χ0) is 8.48. The molecule has 0 N–H and O–H groups in total. The fourth-order valence-electron chi connectivity index (χ4n) is 0.515. The number of hydrogen-bond donors (Lipinski definition) is 0. The molecule has 60 valence electrons. The highest BCUT2D eigenvalue weighted by Crippen LogP contribution is 2.29. The van der Waals surface area contributed by atoms with Gasteiger partial charge < -0.3 is 0 Å². The van der Waals surface area contributed by atoms with E-state index in [0.29, 0.717) is 12.4 Å². The first-order chi connectivity index (χ1) is 5.02. The molecule has 0 atom stereocenters. The van der Waals surface area contributed by atoms with Crippen LogP contribution < -0.4 is 0 Å². The molecule has 0 amide bonds. The standard InChI is InChI=1S/C5H2F4N2/c6-4-2-11-10-1-3(4)5(7,8)9/h1-2H. The van der Waals surface area contributed by atoms with Crippen LogP contribution in [0.2, 0.25) is 0 Å². The molecule has 6 heteroatoms. The fourth-order valence-corrected chi connectivity index (χ4v) is 0.515. The first-order valence-corrected chi connectivity index (χ1v) is 2.55. The molecule has 1 aromatic heterocycles. The van der Waals surface area contributed by atoms with Gasteiger partial charge in [-0.1, -0.05) is 0 Å². The molecule has 0 fully saturated rings. The lowest BCUT2D eigenvalue weighted by molar-refractivity contribution is -0.140. The highest BCUT2D eigenvalue weighted by atomic mass is 19.4. The SMILES string of the molecule is Fc1cnncc1C(F)(F)F. The predicted octanol–water partition coefficient (Wildman–Crippen LogP) is 1.63. The van der Waals surface area contributed by atoms with Crippen molar-refractivity contribution in [1.82, 2.24) is 10.2 Å². The zero-order valence-corrected chi connectivity index (χ0v) is 5.06. The second-order valence-corrected chi connectivity index (χ2v) is 1.75. The van der Waals surface area contributed by atoms with Crippen LogP contribution in [0.3, 0.4) is 0 Å². The molecule has 0 bridgehead atoms. The Bertz CT molecular complexity index is 257. The van der Waals surface area contributed by atoms with Crippen molar-refractivity contribution >= 4 is 0 Å². The van der Waals surface area contributed by atoms with Crippen LogP contribution >= 0.6 is 0 Å². The maximum Gasteiger partial charge on any atom is 0.420 e. The lowest BCUT2D eigenvalue weighted by Gasteiger charge is -2.04. The number of alkyl halides is 3. The third-order valence-corrected chi connectivity index (χ3v) is 0.987. The van der Waals surface area contributed by atoms with E-state index in [4.69, 9.17) is 0 Å². The third kappa shape index (κ3) is 1.63. The Balaban J connectivity index is 3.14. The maximum atomic E-state index is 12.3. The van der Waals surface area contributed by atoms with Crippen molar-refractivity contribution < 1.29 is 17.6 Å². The van der Waals surface area contributed by atoms with E-state index in [9.17, 15) is 17.6 Å². The minimum Gasteiger partial charge on any atom is -0.204 e. The van der Waals surface area contributed by atoms with Crippen molar-refractivity contribution in [3.05, 3.63) is 23.8 Å². The van der Waals surface area contributed by atoms with Gasteiger partial charge in [-0.15, -0.1) is 0 Å². The van der Waals surface area contributed by atoms with Gasteiger partial charge in [0.2, 0.25) is 0 Å². The quantitative estimate of drug-likeness (QED) is 0.547. The van der Waals surface area contributed by atoms with E-state index in [1.807, 2.05) is 0 Å². The molecule has 0 aliphatic heterocycles. The molecule has 1 aromatic rings. The lowest BCUT2D eigenvalue weighted by Crippen LogP contribution is -2.08. The summed E-state index contributed by atoms with van der Waals surface area (Å²) in [6.07, 6.45) is -3.93. The van der Waals surface area contributed by atoms with E-state index in [-0.39, 0.29) is 0 Å². The van der Waals surface area contributed by atoms with Crippen molar-refractivity contribution in [1.29, 1.82) is 0 Å². The molecule has 2 nitrogen and oxygen atoms in total. The van der Waals surface area contributed by atoms with Crippen molar-refractivity contribution in [2.75, 3.05) is 0 Å². The van der Waals surface area contributed by atoms with E-state index in [2.05, 4.69) is 10.2 Å². The molecule has 11 heavy (non-hydrogen) atoms. The van der Waals surface area contributed by atoms with Gasteiger partial charge in [0.05, 0.1) is 12.4 Å². The molecule has 0 saturated carbocycles. The number of halogens is 4. The summed E-state index contributed by atoms with van der Waals surface area (Å²) in [6, 6.07) is 0. The van der Waals surface area contributed by atoms with Crippen LogP contribution in [0.15, 0.2) is 12.4 Å². The Labute approximate surface area is 58.9 Å². The first-order valence-electron chi connectivity index (χ1n) is 2.55.